The Balaban J connectivity index is 0.00000420. The van der Waals surface area contributed by atoms with Crippen LogP contribution in [0.15, 0.2) is 52.4 Å². The molecular weight excluding hydrogens is 526 g/mol. The fourth-order valence-corrected chi connectivity index (χ4v) is 3.86. The molecule has 0 aliphatic rings. The van der Waals surface area contributed by atoms with Crippen molar-refractivity contribution in [2.45, 2.75) is 23.7 Å². The lowest BCUT2D eigenvalue weighted by molar-refractivity contribution is 0.588. The average molecular weight is 552 g/mol. The first-order valence-electron chi connectivity index (χ1n) is 8.63. The monoisotopic (exact) mass is 552 g/mol. The summed E-state index contributed by atoms with van der Waals surface area (Å²) in [6, 6.07) is 11.4. The van der Waals surface area contributed by atoms with E-state index in [4.69, 9.17) is 0 Å². The minimum absolute atomic E-state index is 0. The van der Waals surface area contributed by atoms with Crippen molar-refractivity contribution in [1.29, 1.82) is 0 Å². The van der Waals surface area contributed by atoms with Gasteiger partial charge in [0.15, 0.2) is 5.96 Å². The molecule has 0 radical (unpaired) electrons. The van der Waals surface area contributed by atoms with Crippen LogP contribution < -0.4 is 15.4 Å². The van der Waals surface area contributed by atoms with Gasteiger partial charge in [0.2, 0.25) is 10.0 Å². The average Bonchev–Trinajstić information content (AvgIpc) is 2.70. The molecule has 0 fully saturated rings. The summed E-state index contributed by atoms with van der Waals surface area (Å²) in [6.45, 7) is 1.01. The van der Waals surface area contributed by atoms with Crippen molar-refractivity contribution in [3.63, 3.8) is 0 Å². The third-order valence-corrected chi connectivity index (χ3v) is 6.13. The van der Waals surface area contributed by atoms with Gasteiger partial charge in [0.05, 0.1) is 4.90 Å². The predicted molar refractivity (Wildman–Crippen MR) is 129 cm³/mol. The highest BCUT2D eigenvalue weighted by Gasteiger charge is 2.10. The Morgan fingerprint density at radius 1 is 1.07 bits per heavy atom. The number of aliphatic imine (C=N–C) groups is 1. The summed E-state index contributed by atoms with van der Waals surface area (Å²) in [5, 5.41) is 6.41. The highest BCUT2D eigenvalue weighted by atomic mass is 127. The molecule has 0 bridgehead atoms. The van der Waals surface area contributed by atoms with Crippen LogP contribution in [0.4, 0.5) is 4.39 Å². The van der Waals surface area contributed by atoms with E-state index < -0.39 is 10.0 Å². The lowest BCUT2D eigenvalue weighted by Crippen LogP contribution is -2.36. The number of guanidine groups is 1. The summed E-state index contributed by atoms with van der Waals surface area (Å²) in [5.74, 6) is 1.10. The number of nitrogens with zero attached hydrogens (tertiary/aromatic N) is 1. The van der Waals surface area contributed by atoms with E-state index in [9.17, 15) is 12.8 Å². The minimum atomic E-state index is -3.44. The van der Waals surface area contributed by atoms with Crippen molar-refractivity contribution in [3.05, 3.63) is 65.0 Å². The van der Waals surface area contributed by atoms with Crippen LogP contribution in [0.5, 0.6) is 0 Å². The van der Waals surface area contributed by atoms with E-state index in [1.807, 2.05) is 6.26 Å². The molecule has 0 spiro atoms. The summed E-state index contributed by atoms with van der Waals surface area (Å²) in [6.07, 6.45) is 1.98. The van der Waals surface area contributed by atoms with Gasteiger partial charge in [-0.25, -0.2) is 17.5 Å². The number of rotatable bonds is 8. The van der Waals surface area contributed by atoms with Crippen LogP contribution in [-0.4, -0.2) is 34.7 Å². The van der Waals surface area contributed by atoms with Gasteiger partial charge in [0.25, 0.3) is 0 Å². The zero-order valence-electron chi connectivity index (χ0n) is 16.5. The lowest BCUT2D eigenvalue weighted by Gasteiger charge is -2.14. The Hall–Kier alpha value is -1.37. The second-order valence-corrected chi connectivity index (χ2v) is 8.73. The predicted octanol–water partition coefficient (Wildman–Crippen LogP) is 3.08. The van der Waals surface area contributed by atoms with E-state index in [2.05, 4.69) is 20.3 Å². The Labute approximate surface area is 193 Å². The minimum Gasteiger partial charge on any atom is -0.352 e. The number of halogens is 2. The molecule has 0 saturated carbocycles. The second kappa shape index (κ2) is 12.4. The summed E-state index contributed by atoms with van der Waals surface area (Å²) >= 11 is 1.64. The van der Waals surface area contributed by atoms with E-state index in [-0.39, 0.29) is 34.7 Å². The molecule has 10 heteroatoms. The normalized spacial score (nSPS) is 11.7. The SMILES string of the molecule is CN=C(NCc1ccc(S(=O)(=O)NC)cc1)NCc1ccc(F)cc1CSC.I. The number of thioether (sulfide) groups is 1. The molecule has 29 heavy (non-hydrogen) atoms. The van der Waals surface area contributed by atoms with Crippen LogP contribution in [0.2, 0.25) is 0 Å². The Kier molecular flexibility index (Phi) is 10.9. The van der Waals surface area contributed by atoms with E-state index >= 15 is 0 Å². The summed E-state index contributed by atoms with van der Waals surface area (Å²) in [4.78, 5) is 4.41. The highest BCUT2D eigenvalue weighted by molar-refractivity contribution is 14.0. The van der Waals surface area contributed by atoms with Crippen molar-refractivity contribution < 1.29 is 12.8 Å². The van der Waals surface area contributed by atoms with Crippen molar-refractivity contribution in [2.75, 3.05) is 20.4 Å². The number of hydrogen-bond acceptors (Lipinski definition) is 4. The van der Waals surface area contributed by atoms with Gasteiger partial charge in [0, 0.05) is 25.9 Å². The van der Waals surface area contributed by atoms with Gasteiger partial charge in [-0.15, -0.1) is 24.0 Å². The molecule has 2 aromatic carbocycles. The Bertz CT molecular complexity index is 922. The van der Waals surface area contributed by atoms with Gasteiger partial charge in [-0.1, -0.05) is 18.2 Å². The second-order valence-electron chi connectivity index (χ2n) is 5.98. The van der Waals surface area contributed by atoms with Gasteiger partial charge < -0.3 is 10.6 Å². The first-order valence-corrected chi connectivity index (χ1v) is 11.5. The number of sulfonamides is 1. The molecule has 0 aliphatic heterocycles. The van der Waals surface area contributed by atoms with Gasteiger partial charge in [-0.05, 0) is 54.3 Å². The van der Waals surface area contributed by atoms with E-state index in [0.29, 0.717) is 19.0 Å². The van der Waals surface area contributed by atoms with Crippen LogP contribution in [0.1, 0.15) is 16.7 Å². The standard InChI is InChI=1S/C19H25FN4O2S2.HI/c1-21-19(24-12-15-6-7-17(20)10-16(15)13-27-3)23-11-14-4-8-18(9-5-14)28(25,26)22-2;/h4-10,22H,11-13H2,1-3H3,(H2,21,23,24);1H. The molecule has 3 N–H and O–H groups in total. The smallest absolute Gasteiger partial charge is 0.240 e. The zero-order valence-corrected chi connectivity index (χ0v) is 20.5. The first kappa shape index (κ1) is 25.7. The van der Waals surface area contributed by atoms with Crippen molar-refractivity contribution in [3.8, 4) is 0 Å². The van der Waals surface area contributed by atoms with Crippen LogP contribution in [0, 0.1) is 5.82 Å². The van der Waals surface area contributed by atoms with Gasteiger partial charge in [-0.2, -0.15) is 11.8 Å². The summed E-state index contributed by atoms with van der Waals surface area (Å²) in [5.41, 5.74) is 2.89. The molecule has 6 nitrogen and oxygen atoms in total. The molecule has 0 heterocycles. The maximum Gasteiger partial charge on any atom is 0.240 e. The van der Waals surface area contributed by atoms with Crippen LogP contribution in [0.3, 0.4) is 0 Å². The van der Waals surface area contributed by atoms with Crippen molar-refractivity contribution in [2.24, 2.45) is 4.99 Å². The molecule has 160 valence electrons. The molecule has 2 rings (SSSR count). The largest absolute Gasteiger partial charge is 0.352 e. The van der Waals surface area contributed by atoms with Crippen molar-refractivity contribution in [1.82, 2.24) is 15.4 Å². The molecule has 0 aliphatic carbocycles. The number of hydrogen-bond donors (Lipinski definition) is 3. The topological polar surface area (TPSA) is 82.6 Å². The maximum absolute atomic E-state index is 13.5. The Morgan fingerprint density at radius 2 is 1.72 bits per heavy atom. The quantitative estimate of drug-likeness (QED) is 0.267. The molecule has 0 aromatic heterocycles. The number of nitrogens with one attached hydrogen (secondary N) is 3. The fraction of sp³-hybridized carbons (Fsp3) is 0.316. The van der Waals surface area contributed by atoms with Crippen LogP contribution in [-0.2, 0) is 28.9 Å². The van der Waals surface area contributed by atoms with E-state index in [1.165, 1.54) is 13.1 Å². The maximum atomic E-state index is 13.5. The molecule has 0 amide bonds. The van der Waals surface area contributed by atoms with Gasteiger partial charge in [0.1, 0.15) is 5.82 Å². The van der Waals surface area contributed by atoms with E-state index in [0.717, 1.165) is 22.4 Å². The van der Waals surface area contributed by atoms with Crippen molar-refractivity contribution >= 4 is 51.7 Å². The van der Waals surface area contributed by atoms with E-state index in [1.54, 1.807) is 55.2 Å². The zero-order chi connectivity index (χ0) is 20.6. The third-order valence-electron chi connectivity index (χ3n) is 4.10. The Morgan fingerprint density at radius 3 is 2.31 bits per heavy atom. The lowest BCUT2D eigenvalue weighted by atomic mass is 10.1. The fourth-order valence-electron chi connectivity index (χ4n) is 2.55. The van der Waals surface area contributed by atoms with Crippen LogP contribution >= 0.6 is 35.7 Å². The molecule has 0 atom stereocenters. The first-order chi connectivity index (χ1) is 13.4. The number of benzene rings is 2. The highest BCUT2D eigenvalue weighted by Crippen LogP contribution is 2.16. The third kappa shape index (κ3) is 7.76. The van der Waals surface area contributed by atoms with Gasteiger partial charge in [-0.3, -0.25) is 4.99 Å². The summed E-state index contributed by atoms with van der Waals surface area (Å²) in [7, 11) is -0.384. The van der Waals surface area contributed by atoms with Gasteiger partial charge >= 0.3 is 0 Å². The molecule has 0 unspecified atom stereocenters. The molecule has 0 saturated heterocycles. The molecular formula is C19H26FIN4O2S2. The summed E-state index contributed by atoms with van der Waals surface area (Å²) < 4.78 is 39.3. The van der Waals surface area contributed by atoms with Crippen LogP contribution in [0.25, 0.3) is 0 Å². The molecule has 2 aromatic rings.